The zero-order chi connectivity index (χ0) is 14.2. The number of phenolic OH excluding ortho intramolecular Hbond substituents is 1. The van der Waals surface area contributed by atoms with Crippen LogP contribution in [0.4, 0.5) is 13.2 Å². The molecule has 1 aromatic rings. The lowest BCUT2D eigenvalue weighted by atomic mass is 10.1. The number of hydrogen-bond acceptors (Lipinski definition) is 3. The van der Waals surface area contributed by atoms with Crippen LogP contribution in [-0.4, -0.2) is 41.7 Å². The van der Waals surface area contributed by atoms with Crippen LogP contribution in [0.3, 0.4) is 0 Å². The molecule has 1 fully saturated rings. The van der Waals surface area contributed by atoms with Gasteiger partial charge in [0.1, 0.15) is 0 Å². The van der Waals surface area contributed by atoms with Gasteiger partial charge in [0.25, 0.3) is 5.91 Å². The third-order valence-electron chi connectivity index (χ3n) is 2.89. The average molecular weight is 275 g/mol. The van der Waals surface area contributed by atoms with Gasteiger partial charge in [-0.3, -0.25) is 4.79 Å². The molecule has 0 aromatic heterocycles. The Balaban J connectivity index is 2.34. The maximum Gasteiger partial charge on any atom is 0.257 e. The summed E-state index contributed by atoms with van der Waals surface area (Å²) in [6.07, 6.45) is -0.223. The van der Waals surface area contributed by atoms with Gasteiger partial charge in [0.15, 0.2) is 17.4 Å². The van der Waals surface area contributed by atoms with E-state index in [2.05, 4.69) is 0 Å². The van der Waals surface area contributed by atoms with Crippen molar-refractivity contribution >= 4 is 5.91 Å². The summed E-state index contributed by atoms with van der Waals surface area (Å²) in [4.78, 5) is 13.3. The van der Waals surface area contributed by atoms with Crippen molar-refractivity contribution in [1.29, 1.82) is 0 Å². The monoisotopic (exact) mass is 275 g/mol. The molecule has 0 spiro atoms. The number of hydrogen-bond donors (Lipinski definition) is 1. The van der Waals surface area contributed by atoms with Gasteiger partial charge in [-0.05, 0) is 13.0 Å². The molecule has 1 atom stereocenters. The smallest absolute Gasteiger partial charge is 0.257 e. The first kappa shape index (κ1) is 13.7. The van der Waals surface area contributed by atoms with E-state index in [9.17, 15) is 18.0 Å². The molecule has 1 aromatic carbocycles. The van der Waals surface area contributed by atoms with E-state index >= 15 is 0 Å². The molecule has 1 aliphatic rings. The second-order valence-corrected chi connectivity index (χ2v) is 4.32. The lowest BCUT2D eigenvalue weighted by Gasteiger charge is -2.31. The number of halogens is 3. The van der Waals surface area contributed by atoms with Gasteiger partial charge in [-0.2, -0.15) is 4.39 Å². The molecular formula is C12H12F3NO3. The van der Waals surface area contributed by atoms with Gasteiger partial charge in [-0.15, -0.1) is 0 Å². The Morgan fingerprint density at radius 2 is 2.11 bits per heavy atom. The topological polar surface area (TPSA) is 49.8 Å². The maximum absolute atomic E-state index is 13.6. The number of ether oxygens (including phenoxy) is 1. The Hall–Kier alpha value is -1.76. The van der Waals surface area contributed by atoms with Crippen molar-refractivity contribution in [2.75, 3.05) is 19.7 Å². The number of aromatic hydroxyl groups is 1. The van der Waals surface area contributed by atoms with Crippen molar-refractivity contribution in [3.63, 3.8) is 0 Å². The third kappa shape index (κ3) is 2.51. The Kier molecular flexibility index (Phi) is 3.66. The van der Waals surface area contributed by atoms with E-state index in [1.165, 1.54) is 4.90 Å². The molecule has 0 saturated carbocycles. The van der Waals surface area contributed by atoms with E-state index in [0.29, 0.717) is 6.07 Å². The highest BCUT2D eigenvalue weighted by Gasteiger charge is 2.28. The molecule has 1 unspecified atom stereocenters. The predicted molar refractivity (Wildman–Crippen MR) is 59.3 cm³/mol. The zero-order valence-corrected chi connectivity index (χ0v) is 10.1. The highest BCUT2D eigenvalue weighted by atomic mass is 19.2. The zero-order valence-electron chi connectivity index (χ0n) is 10.1. The summed E-state index contributed by atoms with van der Waals surface area (Å²) >= 11 is 0. The van der Waals surface area contributed by atoms with Crippen molar-refractivity contribution in [3.05, 3.63) is 29.1 Å². The molecule has 19 heavy (non-hydrogen) atoms. The van der Waals surface area contributed by atoms with Crippen LogP contribution in [0.5, 0.6) is 5.75 Å². The fourth-order valence-electron chi connectivity index (χ4n) is 1.92. The summed E-state index contributed by atoms with van der Waals surface area (Å²) in [6.45, 7) is 2.46. The van der Waals surface area contributed by atoms with E-state index < -0.39 is 34.7 Å². The largest absolute Gasteiger partial charge is 0.503 e. The first-order chi connectivity index (χ1) is 8.91. The van der Waals surface area contributed by atoms with Crippen LogP contribution in [0.2, 0.25) is 0 Å². The van der Waals surface area contributed by atoms with Crippen molar-refractivity contribution in [1.82, 2.24) is 4.90 Å². The van der Waals surface area contributed by atoms with Crippen LogP contribution < -0.4 is 0 Å². The Morgan fingerprint density at radius 3 is 2.74 bits per heavy atom. The van der Waals surface area contributed by atoms with E-state index in [0.717, 1.165) is 0 Å². The molecule has 4 nitrogen and oxygen atoms in total. The first-order valence-electron chi connectivity index (χ1n) is 5.69. The SMILES string of the molecule is CC1CN(C(=O)c2cc(F)c(F)c(O)c2F)CCO1. The van der Waals surface area contributed by atoms with E-state index in [1.807, 2.05) is 0 Å². The number of phenols is 1. The molecule has 1 heterocycles. The molecule has 1 saturated heterocycles. The number of carbonyl (C=O) groups excluding carboxylic acids is 1. The Labute approximate surface area is 107 Å². The van der Waals surface area contributed by atoms with Crippen LogP contribution in [0.15, 0.2) is 6.07 Å². The molecule has 7 heteroatoms. The minimum atomic E-state index is -1.70. The van der Waals surface area contributed by atoms with Crippen LogP contribution >= 0.6 is 0 Å². The molecule has 2 rings (SSSR count). The molecule has 0 bridgehead atoms. The van der Waals surface area contributed by atoms with Crippen molar-refractivity contribution in [2.45, 2.75) is 13.0 Å². The highest BCUT2D eigenvalue weighted by molar-refractivity contribution is 5.95. The Bertz CT molecular complexity index is 521. The van der Waals surface area contributed by atoms with Gasteiger partial charge in [-0.25, -0.2) is 8.78 Å². The fourth-order valence-corrected chi connectivity index (χ4v) is 1.92. The first-order valence-corrected chi connectivity index (χ1v) is 5.69. The summed E-state index contributed by atoms with van der Waals surface area (Å²) in [7, 11) is 0. The van der Waals surface area contributed by atoms with Crippen molar-refractivity contribution in [2.24, 2.45) is 0 Å². The summed E-state index contributed by atoms with van der Waals surface area (Å²) in [6, 6.07) is 0.451. The van der Waals surface area contributed by atoms with E-state index in [4.69, 9.17) is 9.84 Å². The highest BCUT2D eigenvalue weighted by Crippen LogP contribution is 2.27. The number of rotatable bonds is 1. The quantitative estimate of drug-likeness (QED) is 0.793. The molecular weight excluding hydrogens is 263 g/mol. The molecule has 1 amide bonds. The van der Waals surface area contributed by atoms with Gasteiger partial charge in [-0.1, -0.05) is 0 Å². The normalized spacial score (nSPS) is 19.6. The summed E-state index contributed by atoms with van der Waals surface area (Å²) < 4.78 is 44.9. The number of amides is 1. The van der Waals surface area contributed by atoms with Crippen LogP contribution in [-0.2, 0) is 4.74 Å². The van der Waals surface area contributed by atoms with Crippen LogP contribution in [0.1, 0.15) is 17.3 Å². The van der Waals surface area contributed by atoms with Gasteiger partial charge in [0.05, 0.1) is 18.3 Å². The number of nitrogens with zero attached hydrogens (tertiary/aromatic N) is 1. The van der Waals surface area contributed by atoms with Gasteiger partial charge >= 0.3 is 0 Å². The molecule has 1 aliphatic heterocycles. The van der Waals surface area contributed by atoms with Crippen molar-refractivity contribution < 1.29 is 27.8 Å². The standard InChI is InChI=1S/C12H12F3NO3/c1-6-5-16(2-3-19-6)12(18)7-4-8(13)10(15)11(17)9(7)14/h4,6,17H,2-3,5H2,1H3. The van der Waals surface area contributed by atoms with E-state index in [-0.39, 0.29) is 25.8 Å². The average Bonchev–Trinajstić information content (AvgIpc) is 2.40. The molecule has 0 aliphatic carbocycles. The minimum Gasteiger partial charge on any atom is -0.503 e. The third-order valence-corrected chi connectivity index (χ3v) is 2.89. The summed E-state index contributed by atoms with van der Waals surface area (Å²) in [5, 5.41) is 9.08. The van der Waals surface area contributed by atoms with Gasteiger partial charge < -0.3 is 14.7 Å². The second-order valence-electron chi connectivity index (χ2n) is 4.32. The predicted octanol–water partition coefficient (Wildman–Crippen LogP) is 1.67. The minimum absolute atomic E-state index is 0.220. The fraction of sp³-hybridized carbons (Fsp3) is 0.417. The lowest BCUT2D eigenvalue weighted by molar-refractivity contribution is -0.0126. The Morgan fingerprint density at radius 1 is 1.42 bits per heavy atom. The number of benzene rings is 1. The molecule has 0 radical (unpaired) electrons. The number of morpholine rings is 1. The van der Waals surface area contributed by atoms with Gasteiger partial charge in [0, 0.05) is 13.1 Å². The summed E-state index contributed by atoms with van der Waals surface area (Å²) in [5.74, 6) is -6.91. The second kappa shape index (κ2) is 5.08. The number of carbonyl (C=O) groups is 1. The maximum atomic E-state index is 13.6. The lowest BCUT2D eigenvalue weighted by Crippen LogP contribution is -2.44. The molecule has 104 valence electrons. The van der Waals surface area contributed by atoms with Crippen molar-refractivity contribution in [3.8, 4) is 5.75 Å². The van der Waals surface area contributed by atoms with Crippen LogP contribution in [0, 0.1) is 17.5 Å². The van der Waals surface area contributed by atoms with Crippen LogP contribution in [0.25, 0.3) is 0 Å². The van der Waals surface area contributed by atoms with Gasteiger partial charge in [0.2, 0.25) is 5.82 Å². The molecule has 1 N–H and O–H groups in total. The summed E-state index contributed by atoms with van der Waals surface area (Å²) in [5.41, 5.74) is -0.689. The van der Waals surface area contributed by atoms with E-state index in [1.54, 1.807) is 6.92 Å².